The van der Waals surface area contributed by atoms with Gasteiger partial charge in [-0.2, -0.15) is 0 Å². The number of amides is 2. The normalized spacial score (nSPS) is 10.6. The molecular weight excluding hydrogens is 392 g/mol. The van der Waals surface area contributed by atoms with Crippen LogP contribution in [0.4, 0.5) is 22.7 Å². The maximum Gasteiger partial charge on any atom is 0.221 e. The van der Waals surface area contributed by atoms with E-state index in [1.807, 2.05) is 24.3 Å². The number of ether oxygens (including phenoxy) is 1. The Morgan fingerprint density at radius 2 is 1.16 bits per heavy atom. The van der Waals surface area contributed by atoms with E-state index in [4.69, 9.17) is 16.2 Å². The highest BCUT2D eigenvalue weighted by molar-refractivity contribution is 5.89. The third-order valence-electron chi connectivity index (χ3n) is 4.90. The lowest BCUT2D eigenvalue weighted by Crippen LogP contribution is -2.07. The number of aryl methyl sites for hydroxylation is 2. The van der Waals surface area contributed by atoms with Gasteiger partial charge in [-0.25, -0.2) is 0 Å². The number of unbranched alkanes of at least 4 members (excludes halogenated alkanes) is 2. The molecule has 6 N–H and O–H groups in total. The molecule has 0 radical (unpaired) electrons. The summed E-state index contributed by atoms with van der Waals surface area (Å²) in [5.41, 5.74) is 17.2. The first-order valence-corrected chi connectivity index (χ1v) is 10.7. The minimum absolute atomic E-state index is 0.104. The Hall–Kier alpha value is -3.06. The standard InChI is InChI=1S/C24H34N4O3/c1-17(29)27-21-11-9-19(23(25)15-21)7-3-5-13-31-14-6-4-8-20-10-12-22(16-24(20)26)28-18(2)30/h9-12,15-16H,3-8,13-14,25-26H2,1-2H3,(H,27,29)(H,28,30). The zero-order valence-corrected chi connectivity index (χ0v) is 18.5. The van der Waals surface area contributed by atoms with E-state index in [2.05, 4.69) is 10.6 Å². The maximum atomic E-state index is 11.1. The first-order chi connectivity index (χ1) is 14.8. The van der Waals surface area contributed by atoms with Crippen molar-refractivity contribution in [1.29, 1.82) is 0 Å². The van der Waals surface area contributed by atoms with Crippen LogP contribution >= 0.6 is 0 Å². The van der Waals surface area contributed by atoms with Crippen molar-refractivity contribution in [1.82, 2.24) is 0 Å². The van der Waals surface area contributed by atoms with Crippen molar-refractivity contribution >= 4 is 34.6 Å². The molecule has 0 bridgehead atoms. The zero-order valence-electron chi connectivity index (χ0n) is 18.5. The molecule has 0 aliphatic rings. The van der Waals surface area contributed by atoms with E-state index in [0.29, 0.717) is 11.4 Å². The molecule has 7 heteroatoms. The van der Waals surface area contributed by atoms with Crippen LogP contribution in [0.2, 0.25) is 0 Å². The van der Waals surface area contributed by atoms with Crippen molar-refractivity contribution in [2.75, 3.05) is 35.3 Å². The number of rotatable bonds is 12. The summed E-state index contributed by atoms with van der Waals surface area (Å²) in [6.45, 7) is 4.42. The number of carbonyl (C=O) groups excluding carboxylic acids is 2. The van der Waals surface area contributed by atoms with Crippen LogP contribution in [0.3, 0.4) is 0 Å². The predicted octanol–water partition coefficient (Wildman–Crippen LogP) is 4.13. The van der Waals surface area contributed by atoms with Crippen molar-refractivity contribution in [2.24, 2.45) is 0 Å². The molecule has 0 atom stereocenters. The fraction of sp³-hybridized carbons (Fsp3) is 0.417. The van der Waals surface area contributed by atoms with Gasteiger partial charge in [0.15, 0.2) is 0 Å². The van der Waals surface area contributed by atoms with Gasteiger partial charge in [0.05, 0.1) is 0 Å². The summed E-state index contributed by atoms with van der Waals surface area (Å²) in [5.74, 6) is -0.208. The summed E-state index contributed by atoms with van der Waals surface area (Å²) in [6, 6.07) is 11.3. The number of carbonyl (C=O) groups is 2. The van der Waals surface area contributed by atoms with Crippen molar-refractivity contribution in [3.63, 3.8) is 0 Å². The van der Waals surface area contributed by atoms with Gasteiger partial charge in [0.2, 0.25) is 11.8 Å². The highest BCUT2D eigenvalue weighted by Crippen LogP contribution is 2.21. The van der Waals surface area contributed by atoms with Gasteiger partial charge in [0.1, 0.15) is 0 Å². The number of hydrogen-bond acceptors (Lipinski definition) is 5. The van der Waals surface area contributed by atoms with E-state index in [9.17, 15) is 9.59 Å². The monoisotopic (exact) mass is 426 g/mol. The maximum absolute atomic E-state index is 11.1. The van der Waals surface area contributed by atoms with Gasteiger partial charge in [-0.15, -0.1) is 0 Å². The van der Waals surface area contributed by atoms with Crippen LogP contribution in [0.15, 0.2) is 36.4 Å². The SMILES string of the molecule is CC(=O)Nc1ccc(CCCCOCCCCc2ccc(NC(C)=O)cc2N)c(N)c1. The number of nitrogen functional groups attached to an aromatic ring is 2. The molecule has 2 aromatic rings. The fourth-order valence-corrected chi connectivity index (χ4v) is 3.35. The van der Waals surface area contributed by atoms with Gasteiger partial charge in [-0.1, -0.05) is 12.1 Å². The van der Waals surface area contributed by atoms with Gasteiger partial charge in [-0.3, -0.25) is 9.59 Å². The Morgan fingerprint density at radius 1 is 0.742 bits per heavy atom. The van der Waals surface area contributed by atoms with E-state index in [-0.39, 0.29) is 11.8 Å². The molecule has 0 aliphatic carbocycles. The summed E-state index contributed by atoms with van der Waals surface area (Å²) in [5, 5.41) is 5.47. The second-order valence-electron chi connectivity index (χ2n) is 7.72. The van der Waals surface area contributed by atoms with E-state index in [1.54, 1.807) is 12.1 Å². The van der Waals surface area contributed by atoms with Crippen molar-refractivity contribution in [2.45, 2.75) is 52.4 Å². The second kappa shape index (κ2) is 12.6. The topological polar surface area (TPSA) is 119 Å². The molecule has 0 heterocycles. The van der Waals surface area contributed by atoms with Crippen LogP contribution < -0.4 is 22.1 Å². The molecule has 0 fully saturated rings. The van der Waals surface area contributed by atoms with Gasteiger partial charge in [-0.05, 0) is 73.9 Å². The van der Waals surface area contributed by atoms with Gasteiger partial charge in [0.25, 0.3) is 0 Å². The minimum Gasteiger partial charge on any atom is -0.398 e. The summed E-state index contributed by atoms with van der Waals surface area (Å²) in [6.07, 6.45) is 5.74. The quantitative estimate of drug-likeness (QED) is 0.300. The Labute approximate surface area is 184 Å². The first-order valence-electron chi connectivity index (χ1n) is 10.7. The summed E-state index contributed by atoms with van der Waals surface area (Å²) in [4.78, 5) is 22.2. The molecule has 2 amide bonds. The third kappa shape index (κ3) is 9.09. The molecule has 7 nitrogen and oxygen atoms in total. The largest absolute Gasteiger partial charge is 0.398 e. The Bertz CT molecular complexity index is 812. The zero-order chi connectivity index (χ0) is 22.6. The lowest BCUT2D eigenvalue weighted by molar-refractivity contribution is -0.115. The van der Waals surface area contributed by atoms with E-state index in [0.717, 1.165) is 74.2 Å². The smallest absolute Gasteiger partial charge is 0.221 e. The third-order valence-corrected chi connectivity index (χ3v) is 4.90. The van der Waals surface area contributed by atoms with Crippen molar-refractivity contribution in [3.8, 4) is 0 Å². The molecule has 0 unspecified atom stereocenters. The van der Waals surface area contributed by atoms with Crippen molar-refractivity contribution in [3.05, 3.63) is 47.5 Å². The first kappa shape index (κ1) is 24.2. The molecule has 31 heavy (non-hydrogen) atoms. The molecular formula is C24H34N4O3. The Morgan fingerprint density at radius 3 is 1.52 bits per heavy atom. The molecule has 0 aliphatic heterocycles. The second-order valence-corrected chi connectivity index (χ2v) is 7.72. The van der Waals surface area contributed by atoms with Crippen LogP contribution in [0.5, 0.6) is 0 Å². The summed E-state index contributed by atoms with van der Waals surface area (Å²) in [7, 11) is 0. The highest BCUT2D eigenvalue weighted by atomic mass is 16.5. The van der Waals surface area contributed by atoms with Gasteiger partial charge >= 0.3 is 0 Å². The average molecular weight is 427 g/mol. The Kier molecular flexibility index (Phi) is 9.84. The van der Waals surface area contributed by atoms with Crippen LogP contribution in [0.1, 0.15) is 50.7 Å². The fourth-order valence-electron chi connectivity index (χ4n) is 3.35. The molecule has 168 valence electrons. The number of hydrogen-bond donors (Lipinski definition) is 4. The van der Waals surface area contributed by atoms with Crippen LogP contribution in [0.25, 0.3) is 0 Å². The van der Waals surface area contributed by atoms with E-state index >= 15 is 0 Å². The van der Waals surface area contributed by atoms with Crippen molar-refractivity contribution < 1.29 is 14.3 Å². The number of benzene rings is 2. The molecule has 0 saturated carbocycles. The summed E-state index contributed by atoms with van der Waals surface area (Å²) >= 11 is 0. The minimum atomic E-state index is -0.104. The molecule has 0 saturated heterocycles. The van der Waals surface area contributed by atoms with E-state index < -0.39 is 0 Å². The van der Waals surface area contributed by atoms with E-state index in [1.165, 1.54) is 13.8 Å². The van der Waals surface area contributed by atoms with Gasteiger partial charge in [0, 0.05) is 49.8 Å². The van der Waals surface area contributed by atoms with Crippen LogP contribution in [0, 0.1) is 0 Å². The lowest BCUT2D eigenvalue weighted by atomic mass is 10.1. The number of nitrogens with one attached hydrogen (secondary N) is 2. The highest BCUT2D eigenvalue weighted by Gasteiger charge is 2.04. The van der Waals surface area contributed by atoms with Gasteiger partial charge < -0.3 is 26.8 Å². The molecule has 0 aromatic heterocycles. The number of nitrogens with two attached hydrogens (primary N) is 2. The Balaban J connectivity index is 1.56. The average Bonchev–Trinajstić information content (AvgIpc) is 2.68. The predicted molar refractivity (Wildman–Crippen MR) is 127 cm³/mol. The summed E-state index contributed by atoms with van der Waals surface area (Å²) < 4.78 is 5.74. The molecule has 0 spiro atoms. The molecule has 2 aromatic carbocycles. The lowest BCUT2D eigenvalue weighted by Gasteiger charge is -2.10. The van der Waals surface area contributed by atoms with Crippen LogP contribution in [-0.4, -0.2) is 25.0 Å². The molecule has 2 rings (SSSR count). The van der Waals surface area contributed by atoms with Crippen LogP contribution in [-0.2, 0) is 27.2 Å². The number of anilines is 4.